The first kappa shape index (κ1) is 17.9. The highest BCUT2D eigenvalue weighted by atomic mass is 32.1. The zero-order chi connectivity index (χ0) is 18.5. The second kappa shape index (κ2) is 8.45. The highest BCUT2D eigenvalue weighted by Gasteiger charge is 2.10. The Bertz CT molecular complexity index is 914. The minimum atomic E-state index is -0.206. The molecule has 1 aliphatic heterocycles. The molecule has 0 saturated carbocycles. The Morgan fingerprint density at radius 1 is 1.07 bits per heavy atom. The minimum absolute atomic E-state index is 0.206. The van der Waals surface area contributed by atoms with Gasteiger partial charge in [-0.05, 0) is 55.1 Å². The predicted octanol–water partition coefficient (Wildman–Crippen LogP) is 3.55. The van der Waals surface area contributed by atoms with Crippen molar-refractivity contribution < 1.29 is 0 Å². The molecule has 3 aromatic rings. The Balaban J connectivity index is 1.38. The summed E-state index contributed by atoms with van der Waals surface area (Å²) in [6, 6.07) is 12.2. The van der Waals surface area contributed by atoms with Gasteiger partial charge < -0.3 is 5.32 Å². The fourth-order valence-corrected chi connectivity index (χ4v) is 4.03. The lowest BCUT2D eigenvalue weighted by molar-refractivity contribution is 0.221. The smallest absolute Gasteiger partial charge is 0.274 e. The van der Waals surface area contributed by atoms with Crippen molar-refractivity contribution >= 4 is 23.0 Å². The van der Waals surface area contributed by atoms with Crippen molar-refractivity contribution in [3.05, 3.63) is 68.3 Å². The van der Waals surface area contributed by atoms with E-state index in [4.69, 9.17) is 0 Å². The number of benzene rings is 1. The van der Waals surface area contributed by atoms with E-state index in [1.807, 2.05) is 29.6 Å². The van der Waals surface area contributed by atoms with E-state index in [2.05, 4.69) is 37.5 Å². The van der Waals surface area contributed by atoms with Gasteiger partial charge in [0.15, 0.2) is 0 Å². The highest BCUT2D eigenvalue weighted by molar-refractivity contribution is 7.09. The molecule has 0 radical (unpaired) electrons. The van der Waals surface area contributed by atoms with Gasteiger partial charge in [0.05, 0.1) is 0 Å². The number of rotatable bonds is 6. The normalized spacial score (nSPS) is 15.0. The van der Waals surface area contributed by atoms with Gasteiger partial charge in [-0.2, -0.15) is 0 Å². The van der Waals surface area contributed by atoms with Crippen LogP contribution in [0.5, 0.6) is 0 Å². The zero-order valence-corrected chi connectivity index (χ0v) is 16.0. The summed E-state index contributed by atoms with van der Waals surface area (Å²) < 4.78 is 0. The number of piperidine rings is 1. The third kappa shape index (κ3) is 4.81. The summed E-state index contributed by atoms with van der Waals surface area (Å²) in [6.45, 7) is 3.37. The van der Waals surface area contributed by atoms with E-state index >= 15 is 0 Å². The number of nitrogens with zero attached hydrogens (tertiary/aromatic N) is 3. The lowest BCUT2D eigenvalue weighted by Crippen LogP contribution is -2.29. The molecule has 0 amide bonds. The molecule has 4 rings (SSSR count). The quantitative estimate of drug-likeness (QED) is 0.683. The lowest BCUT2D eigenvalue weighted by Gasteiger charge is -2.26. The van der Waals surface area contributed by atoms with E-state index in [-0.39, 0.29) is 5.56 Å². The molecule has 1 fully saturated rings. The third-order valence-corrected chi connectivity index (χ3v) is 5.63. The molecule has 1 aromatic carbocycles. The molecule has 0 unspecified atom stereocenters. The summed E-state index contributed by atoms with van der Waals surface area (Å²) in [4.78, 5) is 18.6. The van der Waals surface area contributed by atoms with Crippen molar-refractivity contribution in [2.45, 2.75) is 32.2 Å². The van der Waals surface area contributed by atoms with Gasteiger partial charge in [-0.1, -0.05) is 24.6 Å². The van der Waals surface area contributed by atoms with Crippen molar-refractivity contribution in [2.24, 2.45) is 0 Å². The van der Waals surface area contributed by atoms with Crippen LogP contribution in [-0.2, 0) is 13.0 Å². The van der Waals surface area contributed by atoms with Crippen molar-refractivity contribution in [2.75, 3.05) is 18.4 Å². The molecule has 1 aliphatic rings. The molecule has 1 saturated heterocycles. The van der Waals surface area contributed by atoms with Crippen LogP contribution in [0.15, 0.2) is 46.6 Å². The van der Waals surface area contributed by atoms with Crippen molar-refractivity contribution in [3.63, 3.8) is 0 Å². The molecule has 0 spiro atoms. The van der Waals surface area contributed by atoms with E-state index in [9.17, 15) is 4.79 Å². The maximum Gasteiger partial charge on any atom is 0.274 e. The van der Waals surface area contributed by atoms with Crippen LogP contribution in [0, 0.1) is 0 Å². The highest BCUT2D eigenvalue weighted by Crippen LogP contribution is 2.17. The largest absolute Gasteiger partial charge is 0.324 e. The van der Waals surface area contributed by atoms with Gasteiger partial charge in [0.1, 0.15) is 5.69 Å². The maximum absolute atomic E-state index is 12.2. The number of likely N-dealkylation sites (tertiary alicyclic amines) is 1. The molecule has 2 aromatic heterocycles. The molecular formula is C20H23N5OS. The van der Waals surface area contributed by atoms with Crippen LogP contribution < -0.4 is 10.9 Å². The van der Waals surface area contributed by atoms with Crippen LogP contribution >= 0.6 is 11.3 Å². The molecule has 140 valence electrons. The van der Waals surface area contributed by atoms with E-state index in [0.29, 0.717) is 18.1 Å². The van der Waals surface area contributed by atoms with Crippen LogP contribution in [0.2, 0.25) is 0 Å². The van der Waals surface area contributed by atoms with E-state index in [0.717, 1.165) is 17.1 Å². The number of hydrogen-bond donors (Lipinski definition) is 2. The fraction of sp³-hybridized carbons (Fsp3) is 0.350. The third-order valence-electron chi connectivity index (χ3n) is 4.76. The molecule has 6 nitrogen and oxygen atoms in total. The average Bonchev–Trinajstić information content (AvgIpc) is 3.20. The Labute approximate surface area is 162 Å². The predicted molar refractivity (Wildman–Crippen MR) is 109 cm³/mol. The molecule has 0 aliphatic carbocycles. The number of aromatic amines is 1. The van der Waals surface area contributed by atoms with Crippen molar-refractivity contribution in [3.8, 4) is 0 Å². The van der Waals surface area contributed by atoms with E-state index in [1.165, 1.54) is 37.9 Å². The Kier molecular flexibility index (Phi) is 5.60. The second-order valence-corrected chi connectivity index (χ2v) is 7.90. The second-order valence-electron chi connectivity index (χ2n) is 6.86. The van der Waals surface area contributed by atoms with Crippen LogP contribution in [0.3, 0.4) is 0 Å². The molecule has 0 bridgehead atoms. The number of anilines is 2. The summed E-state index contributed by atoms with van der Waals surface area (Å²) in [7, 11) is 0. The summed E-state index contributed by atoms with van der Waals surface area (Å²) in [5, 5.41) is 13.3. The minimum Gasteiger partial charge on any atom is -0.324 e. The first-order valence-electron chi connectivity index (χ1n) is 9.33. The van der Waals surface area contributed by atoms with Gasteiger partial charge in [-0.3, -0.25) is 14.7 Å². The summed E-state index contributed by atoms with van der Waals surface area (Å²) in [6.07, 6.45) is 4.46. The van der Waals surface area contributed by atoms with Gasteiger partial charge in [0, 0.05) is 23.5 Å². The number of thiophene rings is 1. The standard InChI is InChI=1S/C20H23N5OS/c26-19-18(13-17-5-4-12-27-17)23-24-20(22-19)21-16-8-6-15(7-9-16)14-25-10-2-1-3-11-25/h4-9,12H,1-3,10-11,13-14H2,(H2,21,22,24,26). The molecule has 7 heteroatoms. The maximum atomic E-state index is 12.2. The van der Waals surface area contributed by atoms with Crippen LogP contribution in [0.4, 0.5) is 11.6 Å². The topological polar surface area (TPSA) is 73.9 Å². The molecule has 27 heavy (non-hydrogen) atoms. The Hall–Kier alpha value is -2.51. The number of H-pyrrole nitrogens is 1. The molecular weight excluding hydrogens is 358 g/mol. The Morgan fingerprint density at radius 2 is 1.89 bits per heavy atom. The van der Waals surface area contributed by atoms with Gasteiger partial charge in [-0.15, -0.1) is 21.5 Å². The molecule has 0 atom stereocenters. The summed E-state index contributed by atoms with van der Waals surface area (Å²) >= 11 is 1.61. The van der Waals surface area contributed by atoms with Crippen LogP contribution in [0.25, 0.3) is 0 Å². The monoisotopic (exact) mass is 381 g/mol. The summed E-state index contributed by atoms with van der Waals surface area (Å²) in [5.41, 5.74) is 2.41. The first-order chi connectivity index (χ1) is 13.3. The Morgan fingerprint density at radius 3 is 2.59 bits per heavy atom. The SMILES string of the molecule is O=c1[nH]c(Nc2ccc(CN3CCCCC3)cc2)nnc1Cc1cccs1. The van der Waals surface area contributed by atoms with Gasteiger partial charge in [0.25, 0.3) is 5.56 Å². The van der Waals surface area contributed by atoms with Gasteiger partial charge in [-0.25, -0.2) is 0 Å². The van der Waals surface area contributed by atoms with E-state index in [1.54, 1.807) is 11.3 Å². The fourth-order valence-electron chi connectivity index (χ4n) is 3.32. The van der Waals surface area contributed by atoms with Gasteiger partial charge in [0.2, 0.25) is 5.95 Å². The van der Waals surface area contributed by atoms with Crippen molar-refractivity contribution in [1.82, 2.24) is 20.1 Å². The number of nitrogens with one attached hydrogen (secondary N) is 2. The van der Waals surface area contributed by atoms with Gasteiger partial charge >= 0.3 is 0 Å². The van der Waals surface area contributed by atoms with Crippen molar-refractivity contribution in [1.29, 1.82) is 0 Å². The molecule has 3 heterocycles. The van der Waals surface area contributed by atoms with Crippen LogP contribution in [-0.4, -0.2) is 33.2 Å². The first-order valence-corrected chi connectivity index (χ1v) is 10.2. The lowest BCUT2D eigenvalue weighted by atomic mass is 10.1. The average molecular weight is 382 g/mol. The van der Waals surface area contributed by atoms with Crippen LogP contribution in [0.1, 0.15) is 35.4 Å². The number of hydrogen-bond acceptors (Lipinski definition) is 6. The number of aromatic nitrogens is 3. The summed E-state index contributed by atoms with van der Waals surface area (Å²) in [5.74, 6) is 0.360. The molecule has 2 N–H and O–H groups in total. The zero-order valence-electron chi connectivity index (χ0n) is 15.1. The van der Waals surface area contributed by atoms with E-state index < -0.39 is 0 Å².